The van der Waals surface area contributed by atoms with Gasteiger partial charge in [0.2, 0.25) is 5.09 Å². The Balaban J connectivity index is 2.10. The molecule has 6 nitrogen and oxygen atoms in total. The average Bonchev–Trinajstić information content (AvgIpc) is 2.79. The van der Waals surface area contributed by atoms with Crippen LogP contribution in [0, 0.1) is 0 Å². The van der Waals surface area contributed by atoms with Crippen LogP contribution in [0.2, 0.25) is 0 Å². The van der Waals surface area contributed by atoms with Crippen molar-refractivity contribution in [1.82, 2.24) is 14.5 Å². The molecular weight excluding hydrogens is 278 g/mol. The lowest BCUT2D eigenvalue weighted by Gasteiger charge is -2.18. The zero-order valence-electron chi connectivity index (χ0n) is 12.1. The molecule has 0 aromatic carbocycles. The Labute approximate surface area is 120 Å². The molecule has 0 bridgehead atoms. The van der Waals surface area contributed by atoms with Crippen LogP contribution in [0.15, 0.2) is 21.6 Å². The lowest BCUT2D eigenvalue weighted by atomic mass is 10.4. The Bertz CT molecular complexity index is 527. The topological polar surface area (TPSA) is 65.8 Å². The maximum absolute atomic E-state index is 12.5. The summed E-state index contributed by atoms with van der Waals surface area (Å²) in [5.41, 5.74) is 0. The number of rotatable bonds is 5. The SMILES string of the molecule is CCNCc1ccc(S(=O)(=O)N2CCCN(C)CC2)o1. The molecular formula is C13H23N3O3S. The van der Waals surface area contributed by atoms with Crippen LogP contribution in [0.3, 0.4) is 0 Å². The summed E-state index contributed by atoms with van der Waals surface area (Å²) in [7, 11) is -1.49. The van der Waals surface area contributed by atoms with Crippen LogP contribution < -0.4 is 5.32 Å². The molecule has 1 N–H and O–H groups in total. The van der Waals surface area contributed by atoms with Gasteiger partial charge in [-0.05, 0) is 38.7 Å². The maximum Gasteiger partial charge on any atom is 0.276 e. The third-order valence-electron chi connectivity index (χ3n) is 3.46. The van der Waals surface area contributed by atoms with Crippen LogP contribution in [-0.2, 0) is 16.6 Å². The minimum atomic E-state index is -3.50. The molecule has 7 heteroatoms. The molecule has 1 saturated heterocycles. The molecule has 114 valence electrons. The highest BCUT2D eigenvalue weighted by atomic mass is 32.2. The Kier molecular flexibility index (Phi) is 5.20. The standard InChI is InChI=1S/C13H23N3O3S/c1-3-14-11-12-5-6-13(19-12)20(17,18)16-8-4-7-15(2)9-10-16/h5-6,14H,3-4,7-11H2,1-2H3. The molecule has 0 unspecified atom stereocenters. The van der Waals surface area contributed by atoms with Crippen molar-refractivity contribution in [2.24, 2.45) is 0 Å². The summed E-state index contributed by atoms with van der Waals surface area (Å²) in [6, 6.07) is 3.27. The van der Waals surface area contributed by atoms with Gasteiger partial charge in [0.1, 0.15) is 5.76 Å². The number of nitrogens with one attached hydrogen (secondary N) is 1. The molecule has 2 heterocycles. The Morgan fingerprint density at radius 2 is 2.05 bits per heavy atom. The first-order chi connectivity index (χ1) is 9.54. The van der Waals surface area contributed by atoms with Gasteiger partial charge in [-0.2, -0.15) is 4.31 Å². The van der Waals surface area contributed by atoms with Crippen LogP contribution >= 0.6 is 0 Å². The van der Waals surface area contributed by atoms with Crippen molar-refractivity contribution in [1.29, 1.82) is 0 Å². The molecule has 1 aliphatic rings. The lowest BCUT2D eigenvalue weighted by molar-refractivity contribution is 0.340. The van der Waals surface area contributed by atoms with E-state index in [1.807, 2.05) is 14.0 Å². The van der Waals surface area contributed by atoms with Gasteiger partial charge in [-0.3, -0.25) is 0 Å². The van der Waals surface area contributed by atoms with Crippen molar-refractivity contribution < 1.29 is 12.8 Å². The Morgan fingerprint density at radius 3 is 2.80 bits per heavy atom. The smallest absolute Gasteiger partial charge is 0.276 e. The van der Waals surface area contributed by atoms with Gasteiger partial charge in [0.15, 0.2) is 0 Å². The van der Waals surface area contributed by atoms with E-state index in [0.29, 0.717) is 25.4 Å². The number of furan rings is 1. The monoisotopic (exact) mass is 301 g/mol. The maximum atomic E-state index is 12.5. The number of hydrogen-bond donors (Lipinski definition) is 1. The fraction of sp³-hybridized carbons (Fsp3) is 0.692. The van der Waals surface area contributed by atoms with Gasteiger partial charge in [0.05, 0.1) is 6.54 Å². The van der Waals surface area contributed by atoms with Gasteiger partial charge in [-0.1, -0.05) is 6.92 Å². The van der Waals surface area contributed by atoms with Crippen LogP contribution in [-0.4, -0.2) is 57.4 Å². The van der Waals surface area contributed by atoms with Crippen molar-refractivity contribution in [3.8, 4) is 0 Å². The van der Waals surface area contributed by atoms with Crippen molar-refractivity contribution in [2.75, 3.05) is 39.8 Å². The van der Waals surface area contributed by atoms with Gasteiger partial charge in [0, 0.05) is 19.6 Å². The highest BCUT2D eigenvalue weighted by Gasteiger charge is 2.28. The largest absolute Gasteiger partial charge is 0.447 e. The summed E-state index contributed by atoms with van der Waals surface area (Å²) in [5.74, 6) is 0.650. The van der Waals surface area contributed by atoms with Gasteiger partial charge in [0.25, 0.3) is 10.0 Å². The first-order valence-corrected chi connectivity index (χ1v) is 8.46. The van der Waals surface area contributed by atoms with E-state index in [1.54, 1.807) is 12.1 Å². The van der Waals surface area contributed by atoms with Gasteiger partial charge in [-0.15, -0.1) is 0 Å². The van der Waals surface area contributed by atoms with Crippen LogP contribution in [0.1, 0.15) is 19.1 Å². The summed E-state index contributed by atoms with van der Waals surface area (Å²) in [5, 5.41) is 3.17. The third-order valence-corrected chi connectivity index (χ3v) is 5.23. The van der Waals surface area contributed by atoms with E-state index >= 15 is 0 Å². The molecule has 0 aliphatic carbocycles. The van der Waals surface area contributed by atoms with Gasteiger partial charge < -0.3 is 14.6 Å². The van der Waals surface area contributed by atoms with E-state index in [1.165, 1.54) is 4.31 Å². The van der Waals surface area contributed by atoms with E-state index in [-0.39, 0.29) is 5.09 Å². The minimum Gasteiger partial charge on any atom is -0.447 e. The summed E-state index contributed by atoms with van der Waals surface area (Å²) in [6.07, 6.45) is 0.848. The first-order valence-electron chi connectivity index (χ1n) is 7.02. The molecule has 0 amide bonds. The van der Waals surface area contributed by atoms with E-state index in [2.05, 4.69) is 10.2 Å². The quantitative estimate of drug-likeness (QED) is 0.868. The molecule has 1 aromatic heterocycles. The fourth-order valence-corrected chi connectivity index (χ4v) is 3.63. The molecule has 1 fully saturated rings. The van der Waals surface area contributed by atoms with Crippen molar-refractivity contribution in [3.05, 3.63) is 17.9 Å². The Hall–Kier alpha value is -0.890. The second-order valence-corrected chi connectivity index (χ2v) is 6.93. The molecule has 0 atom stereocenters. The van der Waals surface area contributed by atoms with Crippen molar-refractivity contribution >= 4 is 10.0 Å². The zero-order chi connectivity index (χ0) is 14.6. The van der Waals surface area contributed by atoms with Crippen molar-refractivity contribution in [2.45, 2.75) is 25.0 Å². The third kappa shape index (κ3) is 3.60. The summed E-state index contributed by atoms with van der Waals surface area (Å²) in [4.78, 5) is 2.15. The normalized spacial score (nSPS) is 19.1. The van der Waals surface area contributed by atoms with Crippen LogP contribution in [0.4, 0.5) is 0 Å². The van der Waals surface area contributed by atoms with Crippen LogP contribution in [0.5, 0.6) is 0 Å². The second-order valence-electron chi connectivity index (χ2n) is 5.06. The van der Waals surface area contributed by atoms with E-state index in [9.17, 15) is 8.42 Å². The first kappa shape index (κ1) is 15.5. The van der Waals surface area contributed by atoms with E-state index in [4.69, 9.17) is 4.42 Å². The van der Waals surface area contributed by atoms with Crippen LogP contribution in [0.25, 0.3) is 0 Å². The lowest BCUT2D eigenvalue weighted by Crippen LogP contribution is -2.34. The molecule has 1 aliphatic heterocycles. The molecule has 0 radical (unpaired) electrons. The van der Waals surface area contributed by atoms with E-state index < -0.39 is 10.0 Å². The summed E-state index contributed by atoms with van der Waals surface area (Å²) >= 11 is 0. The number of likely N-dealkylation sites (N-methyl/N-ethyl adjacent to an activating group) is 1. The molecule has 2 rings (SSSR count). The summed E-state index contributed by atoms with van der Waals surface area (Å²) in [6.45, 7) is 6.11. The summed E-state index contributed by atoms with van der Waals surface area (Å²) < 4.78 is 32.0. The molecule has 0 spiro atoms. The zero-order valence-corrected chi connectivity index (χ0v) is 12.9. The van der Waals surface area contributed by atoms with Crippen molar-refractivity contribution in [3.63, 3.8) is 0 Å². The predicted octanol–water partition coefficient (Wildman–Crippen LogP) is 0.715. The van der Waals surface area contributed by atoms with E-state index in [0.717, 1.165) is 26.1 Å². The number of nitrogens with zero attached hydrogens (tertiary/aromatic N) is 2. The number of sulfonamides is 1. The molecule has 20 heavy (non-hydrogen) atoms. The van der Waals surface area contributed by atoms with Gasteiger partial charge in [-0.25, -0.2) is 8.42 Å². The highest BCUT2D eigenvalue weighted by Crippen LogP contribution is 2.20. The predicted molar refractivity (Wildman–Crippen MR) is 77.0 cm³/mol. The average molecular weight is 301 g/mol. The second kappa shape index (κ2) is 6.71. The fourth-order valence-electron chi connectivity index (χ4n) is 2.23. The number of hydrogen-bond acceptors (Lipinski definition) is 5. The highest BCUT2D eigenvalue weighted by molar-refractivity contribution is 7.89. The Morgan fingerprint density at radius 1 is 1.25 bits per heavy atom. The van der Waals surface area contributed by atoms with Gasteiger partial charge >= 0.3 is 0 Å². The molecule has 0 saturated carbocycles. The molecule has 1 aromatic rings. The minimum absolute atomic E-state index is 0.0509.